The van der Waals surface area contributed by atoms with E-state index in [-0.39, 0.29) is 18.3 Å². The van der Waals surface area contributed by atoms with Crippen LogP contribution in [-0.4, -0.2) is 10.9 Å². The summed E-state index contributed by atoms with van der Waals surface area (Å²) in [4.78, 5) is 16.5. The predicted molar refractivity (Wildman–Crippen MR) is 98.2 cm³/mol. The van der Waals surface area contributed by atoms with Gasteiger partial charge in [0.15, 0.2) is 0 Å². The lowest BCUT2D eigenvalue weighted by Gasteiger charge is -2.02. The van der Waals surface area contributed by atoms with E-state index in [9.17, 15) is 4.79 Å². The highest BCUT2D eigenvalue weighted by Gasteiger charge is 2.13. The van der Waals surface area contributed by atoms with Crippen molar-refractivity contribution in [2.24, 2.45) is 0 Å². The summed E-state index contributed by atoms with van der Waals surface area (Å²) in [7, 11) is 0. The zero-order chi connectivity index (χ0) is 15.5. The van der Waals surface area contributed by atoms with Crippen LogP contribution >= 0.6 is 12.4 Å². The Morgan fingerprint density at radius 2 is 2.00 bits per heavy atom. The largest absolute Gasteiger partial charge is 0.397 e. The Kier molecular flexibility index (Phi) is 5.40. The Bertz CT molecular complexity index is 804. The maximum Gasteiger partial charge on any atom is 0.224 e. The van der Waals surface area contributed by atoms with E-state index < -0.39 is 0 Å². The Labute approximate surface area is 141 Å². The molecule has 1 aliphatic heterocycles. The first-order chi connectivity index (χ1) is 10.7. The van der Waals surface area contributed by atoms with E-state index >= 15 is 0 Å². The van der Waals surface area contributed by atoms with Gasteiger partial charge in [0.2, 0.25) is 5.91 Å². The van der Waals surface area contributed by atoms with Crippen molar-refractivity contribution >= 4 is 40.6 Å². The minimum Gasteiger partial charge on any atom is -0.397 e. The van der Waals surface area contributed by atoms with Crippen molar-refractivity contribution in [1.82, 2.24) is 4.98 Å². The van der Waals surface area contributed by atoms with Crippen LogP contribution in [0.2, 0.25) is 0 Å². The van der Waals surface area contributed by atoms with E-state index in [1.165, 1.54) is 0 Å². The van der Waals surface area contributed by atoms with Crippen LogP contribution in [0.3, 0.4) is 0 Å². The minimum atomic E-state index is 0. The number of rotatable bonds is 4. The van der Waals surface area contributed by atoms with Gasteiger partial charge < -0.3 is 11.1 Å². The summed E-state index contributed by atoms with van der Waals surface area (Å²) in [6, 6.07) is 13.5. The van der Waals surface area contributed by atoms with Crippen LogP contribution in [-0.2, 0) is 4.79 Å². The number of hydrogen-bond donors (Lipinski definition) is 2. The molecule has 3 rings (SSSR count). The zero-order valence-electron chi connectivity index (χ0n) is 13.0. The van der Waals surface area contributed by atoms with Crippen molar-refractivity contribution in [2.75, 3.05) is 11.1 Å². The second-order valence-corrected chi connectivity index (χ2v) is 5.43. The van der Waals surface area contributed by atoms with Gasteiger partial charge in [0.05, 0.1) is 16.9 Å². The van der Waals surface area contributed by atoms with E-state index in [4.69, 9.17) is 5.73 Å². The van der Waals surface area contributed by atoms with Crippen LogP contribution in [0, 0.1) is 0 Å². The molecule has 5 heteroatoms. The third-order valence-electron chi connectivity index (χ3n) is 3.74. The number of nitrogen functional groups attached to an aromatic ring is 1. The third-order valence-corrected chi connectivity index (χ3v) is 3.74. The van der Waals surface area contributed by atoms with Gasteiger partial charge >= 0.3 is 0 Å². The lowest BCUT2D eigenvalue weighted by molar-refractivity contribution is -0.116. The fourth-order valence-corrected chi connectivity index (χ4v) is 2.59. The third kappa shape index (κ3) is 3.54. The summed E-state index contributed by atoms with van der Waals surface area (Å²) in [5.41, 5.74) is 10.1. The standard InChI is InChI=1S/C18H19N3O.ClH/c1-2-3-10-17(22)20-12-6-4-7-13-14-8-5-9-15(19)18(14)21-16(13)11-12;/h4-9,11H,2-3,10,19H2,1H3,(H,20,22);1H. The molecular formula is C18H20ClN3O. The van der Waals surface area contributed by atoms with Crippen molar-refractivity contribution in [2.45, 2.75) is 26.2 Å². The first-order valence-electron chi connectivity index (χ1n) is 7.57. The number of amides is 1. The molecule has 1 heterocycles. The van der Waals surface area contributed by atoms with Gasteiger partial charge in [-0.3, -0.25) is 4.79 Å². The molecule has 0 bridgehead atoms. The Balaban J connectivity index is 0.00000192. The maximum absolute atomic E-state index is 11.9. The van der Waals surface area contributed by atoms with Crippen molar-refractivity contribution in [1.29, 1.82) is 0 Å². The zero-order valence-corrected chi connectivity index (χ0v) is 13.8. The number of nitrogens with two attached hydrogens (primary N) is 1. The van der Waals surface area contributed by atoms with Crippen LogP contribution in [0.1, 0.15) is 26.2 Å². The number of anilines is 2. The second kappa shape index (κ2) is 7.29. The van der Waals surface area contributed by atoms with Crippen molar-refractivity contribution in [3.63, 3.8) is 0 Å². The number of aromatic nitrogens is 1. The van der Waals surface area contributed by atoms with Crippen molar-refractivity contribution < 1.29 is 4.79 Å². The van der Waals surface area contributed by atoms with E-state index in [0.29, 0.717) is 12.1 Å². The monoisotopic (exact) mass is 329 g/mol. The smallest absolute Gasteiger partial charge is 0.224 e. The Hall–Kier alpha value is -2.33. The van der Waals surface area contributed by atoms with Crippen LogP contribution in [0.5, 0.6) is 0 Å². The van der Waals surface area contributed by atoms with Gasteiger partial charge in [-0.05, 0) is 24.6 Å². The van der Waals surface area contributed by atoms with Gasteiger partial charge in [0.1, 0.15) is 0 Å². The van der Waals surface area contributed by atoms with Crippen LogP contribution in [0.15, 0.2) is 42.5 Å². The molecule has 120 valence electrons. The highest BCUT2D eigenvalue weighted by Crippen LogP contribution is 2.34. The highest BCUT2D eigenvalue weighted by atomic mass is 35.5. The first-order valence-corrected chi connectivity index (χ1v) is 7.57. The summed E-state index contributed by atoms with van der Waals surface area (Å²) in [6.07, 6.45) is 2.45. The van der Waals surface area contributed by atoms with Crippen molar-refractivity contribution in [3.8, 4) is 11.3 Å². The average molecular weight is 330 g/mol. The normalized spacial score (nSPS) is 10.5. The molecule has 0 saturated carbocycles. The quantitative estimate of drug-likeness (QED) is 0.694. The van der Waals surface area contributed by atoms with Crippen LogP contribution in [0.25, 0.3) is 22.2 Å². The lowest BCUT2D eigenvalue weighted by Crippen LogP contribution is -2.10. The summed E-state index contributed by atoms with van der Waals surface area (Å²) < 4.78 is 0. The van der Waals surface area contributed by atoms with Crippen molar-refractivity contribution in [3.05, 3.63) is 42.5 Å². The molecule has 2 aliphatic rings. The number of carbonyl (C=O) groups is 1. The fourth-order valence-electron chi connectivity index (χ4n) is 2.59. The minimum absolute atomic E-state index is 0. The van der Waals surface area contributed by atoms with E-state index in [1.807, 2.05) is 42.5 Å². The molecule has 0 aromatic heterocycles. The molecule has 4 nitrogen and oxygen atoms in total. The first kappa shape index (κ1) is 17.0. The molecule has 1 aliphatic carbocycles. The summed E-state index contributed by atoms with van der Waals surface area (Å²) in [5.74, 6) is 0.0387. The summed E-state index contributed by atoms with van der Waals surface area (Å²) in [5, 5.41) is 3.97. The van der Waals surface area contributed by atoms with Crippen LogP contribution in [0.4, 0.5) is 11.4 Å². The van der Waals surface area contributed by atoms with Gasteiger partial charge in [-0.2, -0.15) is 0 Å². The number of carbonyl (C=O) groups excluding carboxylic acids is 1. The van der Waals surface area contributed by atoms with Gasteiger partial charge in [-0.1, -0.05) is 37.6 Å². The summed E-state index contributed by atoms with van der Waals surface area (Å²) >= 11 is 0. The Morgan fingerprint density at radius 3 is 2.78 bits per heavy atom. The maximum atomic E-state index is 11.9. The number of nitrogens with zero attached hydrogens (tertiary/aromatic N) is 1. The molecule has 0 fully saturated rings. The topological polar surface area (TPSA) is 68.0 Å². The second-order valence-electron chi connectivity index (χ2n) is 5.43. The van der Waals surface area contributed by atoms with Gasteiger partial charge in [0.25, 0.3) is 0 Å². The average Bonchev–Trinajstić information content (AvgIpc) is 2.73. The molecule has 0 saturated heterocycles. The number of para-hydroxylation sites is 1. The molecule has 0 atom stereocenters. The van der Waals surface area contributed by atoms with E-state index in [0.717, 1.165) is 40.7 Å². The number of hydrogen-bond acceptors (Lipinski definition) is 3. The SMILES string of the molecule is CCCCC(=O)Nc1cccc2c3cccc(N)c3nc-2c1.Cl. The Morgan fingerprint density at radius 1 is 1.22 bits per heavy atom. The van der Waals surface area contributed by atoms with E-state index in [2.05, 4.69) is 17.2 Å². The molecule has 23 heavy (non-hydrogen) atoms. The highest BCUT2D eigenvalue weighted by molar-refractivity contribution is 6.03. The van der Waals surface area contributed by atoms with Gasteiger partial charge in [-0.15, -0.1) is 12.4 Å². The number of unbranched alkanes of at least 4 members (excludes halogenated alkanes) is 1. The molecule has 1 aromatic carbocycles. The summed E-state index contributed by atoms with van der Waals surface area (Å²) in [6.45, 7) is 2.07. The molecular weight excluding hydrogens is 310 g/mol. The van der Waals surface area contributed by atoms with Crippen LogP contribution < -0.4 is 11.1 Å². The number of fused-ring (bicyclic) bond motifs is 3. The van der Waals surface area contributed by atoms with Gasteiger partial charge in [-0.25, -0.2) is 4.98 Å². The molecule has 0 spiro atoms. The number of nitrogens with one attached hydrogen (secondary N) is 1. The van der Waals surface area contributed by atoms with Gasteiger partial charge in [0, 0.05) is 23.1 Å². The number of benzene rings is 1. The molecule has 0 radical (unpaired) electrons. The lowest BCUT2D eigenvalue weighted by atomic mass is 10.1. The molecule has 3 N–H and O–H groups in total. The molecule has 1 amide bonds. The molecule has 0 unspecified atom stereocenters. The van der Waals surface area contributed by atoms with E-state index in [1.54, 1.807) is 0 Å². The fraction of sp³-hybridized carbons (Fsp3) is 0.222. The number of halogens is 1. The molecule has 1 aromatic rings. The predicted octanol–water partition coefficient (Wildman–Crippen LogP) is 4.47.